The Hall–Kier alpha value is -5.09. The lowest BCUT2D eigenvalue weighted by Gasteiger charge is -2.12. The van der Waals surface area contributed by atoms with E-state index in [1.165, 1.54) is 30.9 Å². The zero-order chi connectivity index (χ0) is 27.0. The average Bonchev–Trinajstić information content (AvgIpc) is 3.34. The summed E-state index contributed by atoms with van der Waals surface area (Å²) >= 11 is 0. The maximum atomic E-state index is 15.4. The van der Waals surface area contributed by atoms with Crippen LogP contribution in [0.2, 0.25) is 0 Å². The number of nitriles is 1. The lowest BCUT2D eigenvalue weighted by Crippen LogP contribution is -2.16. The summed E-state index contributed by atoms with van der Waals surface area (Å²) in [4.78, 5) is 27.6. The van der Waals surface area contributed by atoms with E-state index in [-0.39, 0.29) is 22.4 Å². The highest BCUT2D eigenvalue weighted by Crippen LogP contribution is 2.30. The van der Waals surface area contributed by atoms with E-state index in [1.807, 2.05) is 4.72 Å². The van der Waals surface area contributed by atoms with Crippen molar-refractivity contribution in [3.63, 3.8) is 0 Å². The van der Waals surface area contributed by atoms with Crippen molar-refractivity contribution < 1.29 is 26.4 Å². The van der Waals surface area contributed by atoms with E-state index in [4.69, 9.17) is 5.26 Å². The van der Waals surface area contributed by atoms with Crippen LogP contribution >= 0.6 is 0 Å². The summed E-state index contributed by atoms with van der Waals surface area (Å²) < 4.78 is 70.8. The van der Waals surface area contributed by atoms with E-state index >= 15 is 4.39 Å². The Labute approximate surface area is 212 Å². The first-order valence-electron chi connectivity index (χ1n) is 10.7. The van der Waals surface area contributed by atoms with Gasteiger partial charge in [-0.3, -0.25) is 9.52 Å². The molecule has 0 unspecified atom stereocenters. The summed E-state index contributed by atoms with van der Waals surface area (Å²) in [5.41, 5.74) is -0.649. The smallest absolute Gasteiger partial charge is 0.262 e. The molecule has 0 amide bonds. The van der Waals surface area contributed by atoms with Crippen LogP contribution in [0.5, 0.6) is 0 Å². The summed E-state index contributed by atoms with van der Waals surface area (Å²) in [6.07, 6.45) is 5.45. The van der Waals surface area contributed by atoms with Crippen LogP contribution < -0.4 is 4.72 Å². The molecule has 13 heteroatoms. The molecule has 0 aliphatic heterocycles. The summed E-state index contributed by atoms with van der Waals surface area (Å²) in [6, 6.07) is 8.89. The molecule has 0 saturated carbocycles. The zero-order valence-corrected chi connectivity index (χ0v) is 19.7. The second kappa shape index (κ2) is 9.41. The maximum Gasteiger partial charge on any atom is 0.262 e. The molecule has 188 valence electrons. The average molecular weight is 534 g/mol. The van der Waals surface area contributed by atoms with Gasteiger partial charge in [-0.25, -0.2) is 36.5 Å². The number of anilines is 1. The third-order valence-corrected chi connectivity index (χ3v) is 6.89. The zero-order valence-electron chi connectivity index (χ0n) is 18.9. The van der Waals surface area contributed by atoms with Crippen LogP contribution in [-0.4, -0.2) is 34.1 Å². The molecular weight excluding hydrogens is 521 g/mol. The SMILES string of the molecule is N#Cc1ncc(-c2cnc3[nH]cc(C(=O)c4c(F)ccc(NS(=O)(=O)c5cccc(F)c5)c4F)c3c2)cn1. The maximum absolute atomic E-state index is 15.4. The summed E-state index contributed by atoms with van der Waals surface area (Å²) in [6.45, 7) is 0. The number of aromatic nitrogens is 4. The van der Waals surface area contributed by atoms with Crippen molar-refractivity contribution in [1.82, 2.24) is 19.9 Å². The Bertz CT molecular complexity index is 1880. The Morgan fingerprint density at radius 3 is 2.42 bits per heavy atom. The predicted molar refractivity (Wildman–Crippen MR) is 129 cm³/mol. The lowest BCUT2D eigenvalue weighted by molar-refractivity contribution is 0.103. The minimum absolute atomic E-state index is 0.0425. The number of ketones is 1. The molecular formula is C25H13F3N6O3S. The van der Waals surface area contributed by atoms with E-state index in [1.54, 1.807) is 6.07 Å². The molecule has 2 aromatic carbocycles. The summed E-state index contributed by atoms with van der Waals surface area (Å²) in [5.74, 6) is -4.62. The molecule has 0 aliphatic carbocycles. The van der Waals surface area contributed by atoms with Crippen molar-refractivity contribution >= 4 is 32.5 Å². The number of H-pyrrole nitrogens is 1. The summed E-state index contributed by atoms with van der Waals surface area (Å²) in [7, 11) is -4.46. The number of carbonyl (C=O) groups is 1. The van der Waals surface area contributed by atoms with E-state index in [0.717, 1.165) is 36.4 Å². The highest BCUT2D eigenvalue weighted by atomic mass is 32.2. The standard InChI is InChI=1S/C25H13F3N6O3S/c26-15-2-1-3-16(7-15)38(36,37)34-20-5-4-19(27)22(23(20)28)24(35)18-12-33-25-17(18)6-13(9-32-25)14-10-30-21(8-29)31-11-14/h1-7,9-12,34H,(H,32,33). The van der Waals surface area contributed by atoms with Gasteiger partial charge >= 0.3 is 0 Å². The van der Waals surface area contributed by atoms with Gasteiger partial charge in [0.1, 0.15) is 23.4 Å². The fourth-order valence-corrected chi connectivity index (χ4v) is 4.79. The number of sulfonamides is 1. The number of halogens is 3. The van der Waals surface area contributed by atoms with Gasteiger partial charge in [-0.05, 0) is 36.4 Å². The molecule has 0 bridgehead atoms. The fraction of sp³-hybridized carbons (Fsp3) is 0. The van der Waals surface area contributed by atoms with Gasteiger partial charge in [0.25, 0.3) is 10.0 Å². The molecule has 0 aliphatic rings. The third kappa shape index (κ3) is 4.44. The van der Waals surface area contributed by atoms with Gasteiger partial charge in [0.15, 0.2) is 5.82 Å². The molecule has 5 aromatic rings. The molecule has 38 heavy (non-hydrogen) atoms. The van der Waals surface area contributed by atoms with Crippen LogP contribution in [0.25, 0.3) is 22.2 Å². The number of rotatable bonds is 6. The van der Waals surface area contributed by atoms with Gasteiger partial charge in [-0.2, -0.15) is 5.26 Å². The second-order valence-corrected chi connectivity index (χ2v) is 9.59. The quantitative estimate of drug-likeness (QED) is 0.309. The largest absolute Gasteiger partial charge is 0.345 e. The first kappa shape index (κ1) is 24.6. The molecule has 9 nitrogen and oxygen atoms in total. The number of nitrogens with zero attached hydrogens (tertiary/aromatic N) is 4. The topological polar surface area (TPSA) is 141 Å². The highest BCUT2D eigenvalue weighted by Gasteiger charge is 2.26. The normalized spacial score (nSPS) is 11.3. The van der Waals surface area contributed by atoms with E-state index in [0.29, 0.717) is 11.1 Å². The van der Waals surface area contributed by atoms with Gasteiger partial charge in [0.2, 0.25) is 11.6 Å². The van der Waals surface area contributed by atoms with Gasteiger partial charge in [0, 0.05) is 46.9 Å². The van der Waals surface area contributed by atoms with Crippen molar-refractivity contribution in [2.24, 2.45) is 0 Å². The first-order valence-corrected chi connectivity index (χ1v) is 12.2. The Morgan fingerprint density at radius 1 is 0.974 bits per heavy atom. The monoisotopic (exact) mass is 534 g/mol. The number of nitrogens with one attached hydrogen (secondary N) is 2. The van der Waals surface area contributed by atoms with Gasteiger partial charge in [-0.1, -0.05) is 6.07 Å². The van der Waals surface area contributed by atoms with Crippen molar-refractivity contribution in [2.75, 3.05) is 4.72 Å². The Balaban J connectivity index is 1.54. The molecule has 2 N–H and O–H groups in total. The van der Waals surface area contributed by atoms with Crippen molar-refractivity contribution in [1.29, 1.82) is 5.26 Å². The van der Waals surface area contributed by atoms with E-state index in [2.05, 4.69) is 19.9 Å². The fourth-order valence-electron chi connectivity index (χ4n) is 3.70. The summed E-state index contributed by atoms with van der Waals surface area (Å²) in [5, 5.41) is 9.09. The molecule has 0 atom stereocenters. The minimum Gasteiger partial charge on any atom is -0.345 e. The molecule has 0 radical (unpaired) electrons. The van der Waals surface area contributed by atoms with E-state index in [9.17, 15) is 22.0 Å². The van der Waals surface area contributed by atoms with Crippen LogP contribution in [-0.2, 0) is 10.0 Å². The number of aromatic amines is 1. The van der Waals surface area contributed by atoms with Gasteiger partial charge in [0.05, 0.1) is 16.1 Å². The molecule has 3 heterocycles. The van der Waals surface area contributed by atoms with Crippen LogP contribution in [0.15, 0.2) is 72.1 Å². The number of pyridine rings is 1. The number of hydrogen-bond donors (Lipinski definition) is 2. The number of hydrogen-bond acceptors (Lipinski definition) is 7. The number of carbonyl (C=O) groups excluding carboxylic acids is 1. The van der Waals surface area contributed by atoms with Crippen molar-refractivity contribution in [3.8, 4) is 17.2 Å². The number of benzene rings is 2. The van der Waals surface area contributed by atoms with Crippen LogP contribution in [0.3, 0.4) is 0 Å². The van der Waals surface area contributed by atoms with Gasteiger partial charge in [-0.15, -0.1) is 0 Å². The van der Waals surface area contributed by atoms with E-state index < -0.39 is 49.4 Å². The molecule has 3 aromatic heterocycles. The third-order valence-electron chi connectivity index (χ3n) is 5.53. The lowest BCUT2D eigenvalue weighted by atomic mass is 10.0. The minimum atomic E-state index is -4.46. The number of fused-ring (bicyclic) bond motifs is 1. The molecule has 0 fully saturated rings. The van der Waals surface area contributed by atoms with Crippen molar-refractivity contribution in [2.45, 2.75) is 4.90 Å². The van der Waals surface area contributed by atoms with Crippen molar-refractivity contribution in [3.05, 3.63) is 102 Å². The molecule has 0 saturated heterocycles. The van der Waals surface area contributed by atoms with Gasteiger partial charge < -0.3 is 4.98 Å². The molecule has 0 spiro atoms. The molecule has 5 rings (SSSR count). The van der Waals surface area contributed by atoms with Crippen LogP contribution in [0.1, 0.15) is 21.7 Å². The van der Waals surface area contributed by atoms with Crippen LogP contribution in [0.4, 0.5) is 18.9 Å². The Morgan fingerprint density at radius 2 is 1.71 bits per heavy atom. The highest BCUT2D eigenvalue weighted by molar-refractivity contribution is 7.92. The second-order valence-electron chi connectivity index (χ2n) is 7.91. The predicted octanol–water partition coefficient (Wildman–Crippen LogP) is 4.34. The Kier molecular flexibility index (Phi) is 6.09. The van der Waals surface area contributed by atoms with Crippen LogP contribution in [0, 0.1) is 28.8 Å². The first-order chi connectivity index (χ1) is 18.2.